The summed E-state index contributed by atoms with van der Waals surface area (Å²) in [6.45, 7) is 0.391. The Bertz CT molecular complexity index is 838. The fraction of sp³-hybridized carbons (Fsp3) is 0.176. The van der Waals surface area contributed by atoms with Crippen molar-refractivity contribution in [3.63, 3.8) is 0 Å². The number of halogens is 1. The Morgan fingerprint density at radius 2 is 1.96 bits per heavy atom. The number of sulfonamides is 1. The van der Waals surface area contributed by atoms with Crippen molar-refractivity contribution in [3.8, 4) is 0 Å². The van der Waals surface area contributed by atoms with Crippen LogP contribution in [0.4, 0.5) is 4.39 Å². The summed E-state index contributed by atoms with van der Waals surface area (Å²) in [5.41, 5.74) is 1.33. The van der Waals surface area contributed by atoms with Crippen LogP contribution >= 0.6 is 11.3 Å². The number of rotatable bonds is 7. The van der Waals surface area contributed by atoms with Gasteiger partial charge in [0.25, 0.3) is 0 Å². The number of hydrogen-bond donors (Lipinski definition) is 0. The zero-order valence-electron chi connectivity index (χ0n) is 12.8. The van der Waals surface area contributed by atoms with Crippen LogP contribution in [0.15, 0.2) is 63.9 Å². The van der Waals surface area contributed by atoms with E-state index in [1.165, 1.54) is 40.1 Å². The van der Waals surface area contributed by atoms with E-state index in [2.05, 4.69) is 0 Å². The molecule has 0 saturated heterocycles. The number of furan rings is 1. The van der Waals surface area contributed by atoms with E-state index < -0.39 is 15.8 Å². The lowest BCUT2D eigenvalue weighted by molar-refractivity contribution is 0.358. The third-order valence-corrected chi connectivity index (χ3v) is 5.96. The Labute approximate surface area is 144 Å². The van der Waals surface area contributed by atoms with E-state index in [0.29, 0.717) is 11.3 Å². The third kappa shape index (κ3) is 4.31. The topological polar surface area (TPSA) is 50.5 Å². The van der Waals surface area contributed by atoms with Crippen LogP contribution in [0.2, 0.25) is 0 Å². The minimum Gasteiger partial charge on any atom is -0.468 e. The minimum absolute atomic E-state index is 0.139. The zero-order chi connectivity index (χ0) is 17.0. The van der Waals surface area contributed by atoms with Crippen LogP contribution in [0.5, 0.6) is 0 Å². The van der Waals surface area contributed by atoms with Gasteiger partial charge in [0.15, 0.2) is 0 Å². The number of nitrogens with zero attached hydrogens (tertiary/aromatic N) is 1. The smallest absolute Gasteiger partial charge is 0.219 e. The van der Waals surface area contributed by atoms with Gasteiger partial charge in [-0.2, -0.15) is 15.6 Å². The lowest BCUT2D eigenvalue weighted by atomic mass is 10.2. The summed E-state index contributed by atoms with van der Waals surface area (Å²) in [4.78, 5) is 0. The molecule has 2 heterocycles. The van der Waals surface area contributed by atoms with Gasteiger partial charge in [0, 0.05) is 6.54 Å². The molecule has 0 amide bonds. The zero-order valence-corrected chi connectivity index (χ0v) is 14.4. The van der Waals surface area contributed by atoms with Crippen LogP contribution in [0, 0.1) is 5.82 Å². The van der Waals surface area contributed by atoms with Crippen molar-refractivity contribution in [2.24, 2.45) is 0 Å². The molecule has 0 fully saturated rings. The summed E-state index contributed by atoms with van der Waals surface area (Å²) in [5, 5.41) is 3.81. The van der Waals surface area contributed by atoms with E-state index in [0.717, 1.165) is 5.56 Å². The molecule has 0 radical (unpaired) electrons. The number of benzene rings is 1. The Morgan fingerprint density at radius 1 is 1.08 bits per heavy atom. The van der Waals surface area contributed by atoms with E-state index in [-0.39, 0.29) is 18.8 Å². The Hall–Kier alpha value is -1.96. The summed E-state index contributed by atoms with van der Waals surface area (Å²) < 4.78 is 45.6. The van der Waals surface area contributed by atoms with Gasteiger partial charge in [-0.1, -0.05) is 12.1 Å². The van der Waals surface area contributed by atoms with Crippen molar-refractivity contribution < 1.29 is 17.2 Å². The van der Waals surface area contributed by atoms with Gasteiger partial charge in [-0.05, 0) is 52.2 Å². The summed E-state index contributed by atoms with van der Waals surface area (Å²) >= 11 is 1.51. The van der Waals surface area contributed by atoms with Crippen molar-refractivity contribution in [2.75, 3.05) is 0 Å². The largest absolute Gasteiger partial charge is 0.468 e. The predicted octanol–water partition coefficient (Wildman–Crippen LogP) is 4.01. The summed E-state index contributed by atoms with van der Waals surface area (Å²) in [5.74, 6) is -0.138. The van der Waals surface area contributed by atoms with Gasteiger partial charge < -0.3 is 4.42 Å². The molecule has 0 unspecified atom stereocenters. The molecule has 0 bridgehead atoms. The van der Waals surface area contributed by atoms with Gasteiger partial charge in [-0.15, -0.1) is 0 Å². The molecule has 0 aliphatic rings. The lowest BCUT2D eigenvalue weighted by Gasteiger charge is -2.21. The molecule has 0 saturated carbocycles. The van der Waals surface area contributed by atoms with Crippen molar-refractivity contribution in [2.45, 2.75) is 18.8 Å². The Kier molecular flexibility index (Phi) is 5.13. The lowest BCUT2D eigenvalue weighted by Crippen LogP contribution is -2.31. The molecule has 24 heavy (non-hydrogen) atoms. The van der Waals surface area contributed by atoms with Crippen LogP contribution in [0.25, 0.3) is 0 Å². The first-order valence-electron chi connectivity index (χ1n) is 7.29. The van der Waals surface area contributed by atoms with E-state index in [1.54, 1.807) is 18.2 Å². The molecule has 2 aromatic heterocycles. The molecule has 4 nitrogen and oxygen atoms in total. The van der Waals surface area contributed by atoms with Crippen molar-refractivity contribution in [1.82, 2.24) is 4.31 Å². The van der Waals surface area contributed by atoms with E-state index in [1.807, 2.05) is 16.8 Å². The molecule has 0 N–H and O–H groups in total. The molecule has 126 valence electrons. The highest BCUT2D eigenvalue weighted by atomic mass is 32.2. The molecule has 0 aliphatic heterocycles. The average Bonchev–Trinajstić information content (AvgIpc) is 3.19. The van der Waals surface area contributed by atoms with Gasteiger partial charge >= 0.3 is 0 Å². The summed E-state index contributed by atoms with van der Waals surface area (Å²) in [6, 6.07) is 11.0. The Balaban J connectivity index is 1.84. The quantitative estimate of drug-likeness (QED) is 0.636. The van der Waals surface area contributed by atoms with E-state index in [4.69, 9.17) is 4.42 Å². The second-order valence-electron chi connectivity index (χ2n) is 5.37. The highest BCUT2D eigenvalue weighted by Crippen LogP contribution is 2.20. The third-order valence-electron chi connectivity index (χ3n) is 3.48. The van der Waals surface area contributed by atoms with Crippen LogP contribution in [0.1, 0.15) is 16.9 Å². The van der Waals surface area contributed by atoms with Crippen LogP contribution in [-0.2, 0) is 28.9 Å². The first kappa shape index (κ1) is 16.9. The van der Waals surface area contributed by atoms with Gasteiger partial charge in [0.1, 0.15) is 11.6 Å². The van der Waals surface area contributed by atoms with Crippen LogP contribution < -0.4 is 0 Å². The molecule has 3 rings (SSSR count). The number of thiophene rings is 1. The number of hydrogen-bond acceptors (Lipinski definition) is 4. The van der Waals surface area contributed by atoms with Gasteiger partial charge in [0.2, 0.25) is 10.0 Å². The van der Waals surface area contributed by atoms with E-state index >= 15 is 0 Å². The maximum absolute atomic E-state index is 13.3. The second kappa shape index (κ2) is 7.29. The van der Waals surface area contributed by atoms with E-state index in [9.17, 15) is 12.8 Å². The summed E-state index contributed by atoms with van der Waals surface area (Å²) in [6.07, 6.45) is 1.51. The van der Waals surface area contributed by atoms with Crippen LogP contribution in [-0.4, -0.2) is 12.7 Å². The fourth-order valence-corrected chi connectivity index (χ4v) is 4.46. The molecule has 1 aromatic carbocycles. The average molecular weight is 365 g/mol. The Morgan fingerprint density at radius 3 is 2.62 bits per heavy atom. The van der Waals surface area contributed by atoms with Crippen molar-refractivity contribution in [3.05, 3.63) is 82.2 Å². The second-order valence-corrected chi connectivity index (χ2v) is 8.11. The highest BCUT2D eigenvalue weighted by Gasteiger charge is 2.24. The molecule has 0 aliphatic carbocycles. The van der Waals surface area contributed by atoms with Crippen molar-refractivity contribution in [1.29, 1.82) is 0 Å². The fourth-order valence-electron chi connectivity index (χ4n) is 2.34. The van der Waals surface area contributed by atoms with Gasteiger partial charge in [-0.3, -0.25) is 0 Å². The monoisotopic (exact) mass is 365 g/mol. The summed E-state index contributed by atoms with van der Waals surface area (Å²) in [7, 11) is -3.63. The SMILES string of the molecule is O=S(=O)(Cc1cccc(F)c1)N(Cc1ccsc1)Cc1ccco1. The first-order valence-corrected chi connectivity index (χ1v) is 9.84. The highest BCUT2D eigenvalue weighted by molar-refractivity contribution is 7.88. The normalized spacial score (nSPS) is 11.9. The standard InChI is InChI=1S/C17H16FNO3S2/c18-16-4-1-3-14(9-16)13-24(20,21)19(10-15-6-8-23-12-15)11-17-5-2-7-22-17/h1-9,12H,10-11,13H2. The molecule has 0 spiro atoms. The maximum atomic E-state index is 13.3. The van der Waals surface area contributed by atoms with Crippen LogP contribution in [0.3, 0.4) is 0 Å². The van der Waals surface area contributed by atoms with Gasteiger partial charge in [-0.25, -0.2) is 12.8 Å². The first-order chi connectivity index (χ1) is 11.5. The molecule has 0 atom stereocenters. The van der Waals surface area contributed by atoms with Crippen molar-refractivity contribution >= 4 is 21.4 Å². The molecule has 3 aromatic rings. The molecular weight excluding hydrogens is 349 g/mol. The molecular formula is C17H16FNO3S2. The predicted molar refractivity (Wildman–Crippen MR) is 91.3 cm³/mol. The molecule has 7 heteroatoms. The van der Waals surface area contributed by atoms with Gasteiger partial charge in [0.05, 0.1) is 18.6 Å². The maximum Gasteiger partial charge on any atom is 0.219 e. The minimum atomic E-state index is -3.63.